The molecule has 114 valence electrons. The molecule has 21 heavy (non-hydrogen) atoms. The molecule has 0 saturated heterocycles. The summed E-state index contributed by atoms with van der Waals surface area (Å²) in [5, 5.41) is 15.1. The molecule has 0 fully saturated rings. The lowest BCUT2D eigenvalue weighted by atomic mass is 10.0. The zero-order valence-corrected chi connectivity index (χ0v) is 13.3. The van der Waals surface area contributed by atoms with E-state index in [1.54, 1.807) is 6.08 Å². The van der Waals surface area contributed by atoms with Gasteiger partial charge in [0.25, 0.3) is 5.90 Å². The molecule has 0 amide bonds. The Labute approximate surface area is 130 Å². The summed E-state index contributed by atoms with van der Waals surface area (Å²) in [4.78, 5) is 0. The lowest BCUT2D eigenvalue weighted by Crippen LogP contribution is -2.22. The van der Waals surface area contributed by atoms with Crippen LogP contribution in [0.4, 0.5) is 0 Å². The van der Waals surface area contributed by atoms with Crippen LogP contribution in [-0.2, 0) is 4.74 Å². The van der Waals surface area contributed by atoms with Crippen LogP contribution in [-0.4, -0.2) is 31.8 Å². The van der Waals surface area contributed by atoms with Crippen molar-refractivity contribution in [2.75, 3.05) is 20.2 Å². The van der Waals surface area contributed by atoms with Gasteiger partial charge in [0.2, 0.25) is 0 Å². The average molecular weight is 309 g/mol. The number of benzene rings is 1. The zero-order chi connectivity index (χ0) is 15.8. The molecule has 0 unspecified atom stereocenters. The van der Waals surface area contributed by atoms with Crippen molar-refractivity contribution < 1.29 is 4.74 Å². The van der Waals surface area contributed by atoms with E-state index in [1.807, 2.05) is 39.1 Å². The van der Waals surface area contributed by atoms with Gasteiger partial charge in [-0.15, -0.1) is 5.10 Å². The van der Waals surface area contributed by atoms with Gasteiger partial charge < -0.3 is 15.9 Å². The second-order valence-corrected chi connectivity index (χ2v) is 5.02. The summed E-state index contributed by atoms with van der Waals surface area (Å²) in [6, 6.07) is 5.66. The number of nitrogens with zero attached hydrogens (tertiary/aromatic N) is 1. The molecule has 6 heteroatoms. The van der Waals surface area contributed by atoms with Gasteiger partial charge in [-0.25, -0.2) is 0 Å². The molecule has 0 heterocycles. The summed E-state index contributed by atoms with van der Waals surface area (Å²) in [5.41, 5.74) is 3.10. The first-order chi connectivity index (χ1) is 9.99. The Morgan fingerprint density at radius 2 is 2.24 bits per heavy atom. The van der Waals surface area contributed by atoms with Crippen LogP contribution in [0.25, 0.3) is 5.57 Å². The van der Waals surface area contributed by atoms with Gasteiger partial charge >= 0.3 is 0 Å². The lowest BCUT2D eigenvalue weighted by molar-refractivity contribution is 0.310. The maximum absolute atomic E-state index is 8.02. The van der Waals surface area contributed by atoms with Gasteiger partial charge in [-0.1, -0.05) is 17.7 Å². The van der Waals surface area contributed by atoms with E-state index in [2.05, 4.69) is 10.4 Å². The summed E-state index contributed by atoms with van der Waals surface area (Å²) in [7, 11) is 1.82. The van der Waals surface area contributed by atoms with Crippen LogP contribution in [0.1, 0.15) is 18.1 Å². The normalized spacial score (nSPS) is 12.4. The highest BCUT2D eigenvalue weighted by atomic mass is 35.5. The summed E-state index contributed by atoms with van der Waals surface area (Å²) >= 11 is 6.02. The third-order valence-corrected chi connectivity index (χ3v) is 3.16. The number of hydrogen-bond donors (Lipinski definition) is 3. The smallest absolute Gasteiger partial charge is 0.255 e. The topological polar surface area (TPSA) is 83.5 Å². The molecule has 5 nitrogen and oxygen atoms in total. The highest BCUT2D eigenvalue weighted by Gasteiger charge is 2.08. The predicted octanol–water partition coefficient (Wildman–Crippen LogP) is 2.58. The van der Waals surface area contributed by atoms with Crippen molar-refractivity contribution in [3.8, 4) is 0 Å². The maximum Gasteiger partial charge on any atom is 0.255 e. The molecule has 0 aliphatic rings. The SMILES string of the molecule is CNCCOC(=NN)C(=N)/C=C(\C)c1cc(Cl)ccc1C. The van der Waals surface area contributed by atoms with Crippen LogP contribution in [0.15, 0.2) is 29.4 Å². The van der Waals surface area contributed by atoms with E-state index in [1.165, 1.54) is 0 Å². The van der Waals surface area contributed by atoms with E-state index in [-0.39, 0.29) is 11.6 Å². The molecule has 4 N–H and O–H groups in total. The molecule has 1 rings (SSSR count). The quantitative estimate of drug-likeness (QED) is 0.248. The standard InChI is InChI=1S/C15H21ClN4O/c1-10-4-5-12(16)9-13(10)11(2)8-14(17)15(20-18)21-7-6-19-3/h4-5,8-9,17,19H,6-7,18H2,1-3H3/b11-8+,17-14?,20-15?. The molecule has 0 radical (unpaired) electrons. The molecule has 0 atom stereocenters. The van der Waals surface area contributed by atoms with Crippen LogP contribution >= 0.6 is 11.6 Å². The van der Waals surface area contributed by atoms with Crippen LogP contribution in [0.5, 0.6) is 0 Å². The van der Waals surface area contributed by atoms with Crippen molar-refractivity contribution in [3.63, 3.8) is 0 Å². The number of aryl methyl sites for hydroxylation is 1. The van der Waals surface area contributed by atoms with E-state index in [9.17, 15) is 0 Å². The fourth-order valence-corrected chi connectivity index (χ4v) is 1.98. The molecule has 0 aromatic heterocycles. The average Bonchev–Trinajstić information content (AvgIpc) is 2.46. The predicted molar refractivity (Wildman–Crippen MR) is 89.1 cm³/mol. The van der Waals surface area contributed by atoms with Gasteiger partial charge in [-0.05, 0) is 55.8 Å². The van der Waals surface area contributed by atoms with E-state index >= 15 is 0 Å². The van der Waals surface area contributed by atoms with Gasteiger partial charge in [0.1, 0.15) is 12.3 Å². The summed E-state index contributed by atoms with van der Waals surface area (Å²) in [6.45, 7) is 4.96. The summed E-state index contributed by atoms with van der Waals surface area (Å²) in [5.74, 6) is 5.39. The highest BCUT2D eigenvalue weighted by Crippen LogP contribution is 2.22. The van der Waals surface area contributed by atoms with Gasteiger partial charge in [0, 0.05) is 11.6 Å². The number of hydrogen-bond acceptors (Lipinski definition) is 5. The molecule has 0 spiro atoms. The third kappa shape index (κ3) is 5.21. The first-order valence-corrected chi connectivity index (χ1v) is 6.96. The Balaban J connectivity index is 2.89. The van der Waals surface area contributed by atoms with E-state index in [0.29, 0.717) is 18.2 Å². The van der Waals surface area contributed by atoms with Crippen LogP contribution in [0.2, 0.25) is 5.02 Å². The number of rotatable bonds is 6. The van der Waals surface area contributed by atoms with E-state index < -0.39 is 0 Å². The van der Waals surface area contributed by atoms with Crippen molar-refractivity contribution in [2.24, 2.45) is 10.9 Å². The number of likely N-dealkylation sites (N-methyl/N-ethyl adjacent to an activating group) is 1. The number of nitrogens with two attached hydrogens (primary N) is 1. The minimum atomic E-state index is 0.115. The number of hydrazone groups is 1. The molecular weight excluding hydrogens is 288 g/mol. The molecular formula is C15H21ClN4O. The van der Waals surface area contributed by atoms with Crippen LogP contribution in [0, 0.1) is 12.3 Å². The van der Waals surface area contributed by atoms with Gasteiger partial charge in [0.05, 0.1) is 0 Å². The Kier molecular flexibility index (Phi) is 6.91. The third-order valence-electron chi connectivity index (χ3n) is 2.92. The molecule has 0 aliphatic heterocycles. The van der Waals surface area contributed by atoms with Crippen molar-refractivity contribution in [1.82, 2.24) is 5.32 Å². The van der Waals surface area contributed by atoms with Crippen molar-refractivity contribution in [2.45, 2.75) is 13.8 Å². The minimum absolute atomic E-state index is 0.115. The van der Waals surface area contributed by atoms with Gasteiger partial charge in [-0.2, -0.15) is 0 Å². The number of halogens is 1. The first-order valence-electron chi connectivity index (χ1n) is 6.58. The van der Waals surface area contributed by atoms with Crippen LogP contribution in [0.3, 0.4) is 0 Å². The number of ether oxygens (including phenoxy) is 1. The Hall–Kier alpha value is -1.85. The molecule has 1 aromatic carbocycles. The second-order valence-electron chi connectivity index (χ2n) is 4.59. The Bertz CT molecular complexity index is 567. The molecule has 0 aliphatic carbocycles. The van der Waals surface area contributed by atoms with Crippen LogP contribution < -0.4 is 11.2 Å². The van der Waals surface area contributed by atoms with Crippen molar-refractivity contribution >= 4 is 28.8 Å². The van der Waals surface area contributed by atoms with Crippen molar-refractivity contribution in [1.29, 1.82) is 5.41 Å². The Morgan fingerprint density at radius 3 is 2.86 bits per heavy atom. The van der Waals surface area contributed by atoms with Gasteiger partial charge in [-0.3, -0.25) is 5.41 Å². The number of allylic oxidation sites excluding steroid dienone is 1. The Morgan fingerprint density at radius 1 is 1.52 bits per heavy atom. The summed E-state index contributed by atoms with van der Waals surface area (Å²) in [6.07, 6.45) is 1.67. The fraction of sp³-hybridized carbons (Fsp3) is 0.333. The molecule has 0 saturated carbocycles. The lowest BCUT2D eigenvalue weighted by Gasteiger charge is -2.10. The zero-order valence-electron chi connectivity index (χ0n) is 12.5. The minimum Gasteiger partial charge on any atom is -0.474 e. The highest BCUT2D eigenvalue weighted by molar-refractivity contribution is 6.43. The van der Waals surface area contributed by atoms with Gasteiger partial charge in [0.15, 0.2) is 0 Å². The van der Waals surface area contributed by atoms with E-state index in [0.717, 1.165) is 16.7 Å². The number of nitrogens with one attached hydrogen (secondary N) is 2. The first kappa shape index (κ1) is 17.2. The fourth-order valence-electron chi connectivity index (χ4n) is 1.81. The molecule has 0 bridgehead atoms. The van der Waals surface area contributed by atoms with E-state index in [4.69, 9.17) is 27.6 Å². The largest absolute Gasteiger partial charge is 0.474 e. The van der Waals surface area contributed by atoms with Crippen molar-refractivity contribution in [3.05, 3.63) is 40.4 Å². The second kappa shape index (κ2) is 8.44. The summed E-state index contributed by atoms with van der Waals surface area (Å²) < 4.78 is 5.35. The monoisotopic (exact) mass is 308 g/mol. The maximum atomic E-state index is 8.02. The molecule has 1 aromatic rings.